The van der Waals surface area contributed by atoms with Gasteiger partial charge in [-0.05, 0) is 32.8 Å². The van der Waals surface area contributed by atoms with E-state index in [9.17, 15) is 4.79 Å². The molecule has 4 nitrogen and oxygen atoms in total. The van der Waals surface area contributed by atoms with E-state index < -0.39 is 0 Å². The molecule has 3 heterocycles. The van der Waals surface area contributed by atoms with E-state index in [1.54, 1.807) is 23.6 Å². The van der Waals surface area contributed by atoms with Crippen LogP contribution >= 0.6 is 22.9 Å². The van der Waals surface area contributed by atoms with Crippen LogP contribution in [0, 0.1) is 13.8 Å². The zero-order valence-corrected chi connectivity index (χ0v) is 13.7. The molecule has 0 spiro atoms. The number of hydrogen-bond acceptors (Lipinski definition) is 3. The van der Waals surface area contributed by atoms with Crippen LogP contribution < -0.4 is 0 Å². The minimum Gasteiger partial charge on any atom is -0.356 e. The summed E-state index contributed by atoms with van der Waals surface area (Å²) in [5.74, 6) is 0.377. The van der Waals surface area contributed by atoms with Crippen molar-refractivity contribution in [1.29, 1.82) is 0 Å². The van der Waals surface area contributed by atoms with Gasteiger partial charge in [-0.1, -0.05) is 11.6 Å². The number of halogens is 1. The van der Waals surface area contributed by atoms with Crippen molar-refractivity contribution in [3.05, 3.63) is 38.6 Å². The Morgan fingerprint density at radius 2 is 2.33 bits per heavy atom. The largest absolute Gasteiger partial charge is 0.356 e. The minimum atomic E-state index is 0.0246. The molecule has 1 aliphatic rings. The summed E-state index contributed by atoms with van der Waals surface area (Å²) >= 11 is 7.63. The number of aromatic nitrogens is 2. The number of nitrogens with one attached hydrogen (secondary N) is 1. The van der Waals surface area contributed by atoms with Crippen molar-refractivity contribution in [2.24, 2.45) is 0 Å². The van der Waals surface area contributed by atoms with Crippen LogP contribution in [0.15, 0.2) is 12.3 Å². The zero-order valence-electron chi connectivity index (χ0n) is 12.1. The molecule has 0 saturated carbocycles. The van der Waals surface area contributed by atoms with E-state index in [0.29, 0.717) is 16.6 Å². The molecule has 1 amide bonds. The van der Waals surface area contributed by atoms with Crippen LogP contribution in [0.5, 0.6) is 0 Å². The smallest absolute Gasteiger partial charge is 0.270 e. The summed E-state index contributed by atoms with van der Waals surface area (Å²) in [5.41, 5.74) is 1.67. The monoisotopic (exact) mass is 323 g/mol. The Morgan fingerprint density at radius 1 is 1.52 bits per heavy atom. The Hall–Kier alpha value is -1.33. The first kappa shape index (κ1) is 14.6. The van der Waals surface area contributed by atoms with Gasteiger partial charge >= 0.3 is 0 Å². The van der Waals surface area contributed by atoms with E-state index in [0.717, 1.165) is 36.6 Å². The Morgan fingerprint density at radius 3 is 2.95 bits per heavy atom. The first-order valence-electron chi connectivity index (χ1n) is 7.11. The molecular weight excluding hydrogens is 306 g/mol. The first-order chi connectivity index (χ1) is 10.0. The van der Waals surface area contributed by atoms with Gasteiger partial charge in [-0.3, -0.25) is 4.79 Å². The van der Waals surface area contributed by atoms with Gasteiger partial charge in [0.1, 0.15) is 5.69 Å². The lowest BCUT2D eigenvalue weighted by molar-refractivity contribution is 0.0702. The van der Waals surface area contributed by atoms with Crippen LogP contribution in [0.25, 0.3) is 0 Å². The van der Waals surface area contributed by atoms with Gasteiger partial charge < -0.3 is 9.88 Å². The summed E-state index contributed by atoms with van der Waals surface area (Å²) in [5, 5.41) is 1.73. The fraction of sp³-hybridized carbons (Fsp3) is 0.467. The van der Waals surface area contributed by atoms with Crippen LogP contribution in [0.1, 0.15) is 44.8 Å². The predicted molar refractivity (Wildman–Crippen MR) is 85.3 cm³/mol. The molecule has 0 unspecified atom stereocenters. The van der Waals surface area contributed by atoms with Gasteiger partial charge in [0.05, 0.1) is 15.7 Å². The van der Waals surface area contributed by atoms with Crippen LogP contribution in [0.3, 0.4) is 0 Å². The van der Waals surface area contributed by atoms with Crippen molar-refractivity contribution in [3.63, 3.8) is 0 Å². The average molecular weight is 324 g/mol. The van der Waals surface area contributed by atoms with Gasteiger partial charge in [0.25, 0.3) is 5.91 Å². The minimum absolute atomic E-state index is 0.0246. The maximum atomic E-state index is 12.5. The Labute approximate surface area is 133 Å². The van der Waals surface area contributed by atoms with E-state index in [-0.39, 0.29) is 5.91 Å². The second-order valence-corrected chi connectivity index (χ2v) is 7.19. The van der Waals surface area contributed by atoms with Crippen LogP contribution in [0.2, 0.25) is 5.02 Å². The number of H-pyrrole nitrogens is 1. The number of thiazole rings is 1. The molecule has 0 aliphatic carbocycles. The number of rotatable bonds is 2. The maximum Gasteiger partial charge on any atom is 0.270 e. The molecule has 2 aromatic rings. The van der Waals surface area contributed by atoms with Crippen molar-refractivity contribution in [3.8, 4) is 0 Å². The molecule has 0 bridgehead atoms. The molecule has 1 N–H and O–H groups in total. The molecule has 21 heavy (non-hydrogen) atoms. The van der Waals surface area contributed by atoms with Crippen molar-refractivity contribution in [2.75, 3.05) is 13.1 Å². The molecule has 1 aliphatic heterocycles. The normalized spacial score (nSPS) is 19.0. The number of amides is 1. The SMILES string of the molecule is Cc1nc([C@@H]2CCCN(C(=O)c3cc(Cl)c[nH]3)C2)sc1C. The molecule has 2 aromatic heterocycles. The maximum absolute atomic E-state index is 12.5. The highest BCUT2D eigenvalue weighted by Gasteiger charge is 2.28. The number of nitrogens with zero attached hydrogens (tertiary/aromatic N) is 2. The Balaban J connectivity index is 1.75. The second kappa shape index (κ2) is 5.81. The third-order valence-electron chi connectivity index (χ3n) is 3.98. The fourth-order valence-electron chi connectivity index (χ4n) is 2.70. The second-order valence-electron chi connectivity index (χ2n) is 5.52. The van der Waals surface area contributed by atoms with Crippen LogP contribution in [0.4, 0.5) is 0 Å². The highest BCUT2D eigenvalue weighted by molar-refractivity contribution is 7.11. The summed E-state index contributed by atoms with van der Waals surface area (Å²) in [7, 11) is 0. The number of likely N-dealkylation sites (tertiary alicyclic amines) is 1. The van der Waals surface area contributed by atoms with Crippen molar-refractivity contribution < 1.29 is 4.79 Å². The summed E-state index contributed by atoms with van der Waals surface area (Å²) < 4.78 is 0. The fourth-order valence-corrected chi connectivity index (χ4v) is 3.91. The molecule has 1 atom stereocenters. The first-order valence-corrected chi connectivity index (χ1v) is 8.31. The summed E-state index contributed by atoms with van der Waals surface area (Å²) in [6.45, 7) is 5.68. The van der Waals surface area contributed by atoms with E-state index in [2.05, 4.69) is 16.9 Å². The van der Waals surface area contributed by atoms with Gasteiger partial charge in [-0.25, -0.2) is 4.98 Å². The lowest BCUT2D eigenvalue weighted by Crippen LogP contribution is -2.39. The van der Waals surface area contributed by atoms with Crippen molar-refractivity contribution in [2.45, 2.75) is 32.6 Å². The molecule has 0 aromatic carbocycles. The molecule has 3 rings (SSSR count). The summed E-state index contributed by atoms with van der Waals surface area (Å²) in [6, 6.07) is 1.69. The molecule has 112 valence electrons. The van der Waals surface area contributed by atoms with E-state index >= 15 is 0 Å². The molecule has 0 radical (unpaired) electrons. The molecular formula is C15H18ClN3OS. The molecule has 6 heteroatoms. The standard InChI is InChI=1S/C15H18ClN3OS/c1-9-10(2)21-14(18-9)11-4-3-5-19(8-11)15(20)13-6-12(16)7-17-13/h6-7,11,17H,3-5,8H2,1-2H3/t11-/m1/s1. The molecule has 1 saturated heterocycles. The third kappa shape index (κ3) is 2.99. The number of aromatic amines is 1. The van der Waals surface area contributed by atoms with Gasteiger partial charge in [0, 0.05) is 30.1 Å². The van der Waals surface area contributed by atoms with Gasteiger partial charge in [-0.2, -0.15) is 0 Å². The third-order valence-corrected chi connectivity index (χ3v) is 5.43. The Kier molecular flexibility index (Phi) is 4.04. The molecule has 1 fully saturated rings. The summed E-state index contributed by atoms with van der Waals surface area (Å²) in [4.78, 5) is 23.2. The lowest BCUT2D eigenvalue weighted by Gasteiger charge is -2.31. The van der Waals surface area contributed by atoms with Gasteiger partial charge in [0.2, 0.25) is 0 Å². The number of piperidine rings is 1. The topological polar surface area (TPSA) is 49.0 Å². The zero-order chi connectivity index (χ0) is 15.0. The lowest BCUT2D eigenvalue weighted by atomic mass is 9.98. The highest BCUT2D eigenvalue weighted by Crippen LogP contribution is 2.31. The van der Waals surface area contributed by atoms with Gasteiger partial charge in [0.15, 0.2) is 0 Å². The Bertz CT molecular complexity index is 644. The summed E-state index contributed by atoms with van der Waals surface area (Å²) in [6.07, 6.45) is 3.76. The van der Waals surface area contributed by atoms with Crippen LogP contribution in [-0.4, -0.2) is 33.9 Å². The average Bonchev–Trinajstić information content (AvgIpc) is 3.05. The van der Waals surface area contributed by atoms with Gasteiger partial charge in [-0.15, -0.1) is 11.3 Å². The highest BCUT2D eigenvalue weighted by atomic mass is 35.5. The van der Waals surface area contributed by atoms with E-state index in [4.69, 9.17) is 11.6 Å². The van der Waals surface area contributed by atoms with E-state index in [1.807, 2.05) is 11.8 Å². The quantitative estimate of drug-likeness (QED) is 0.914. The predicted octanol–water partition coefficient (Wildman–Crippen LogP) is 3.76. The van der Waals surface area contributed by atoms with Crippen molar-refractivity contribution >= 4 is 28.8 Å². The number of carbonyl (C=O) groups excluding carboxylic acids is 1. The number of hydrogen-bond donors (Lipinski definition) is 1. The van der Waals surface area contributed by atoms with Crippen molar-refractivity contribution in [1.82, 2.24) is 14.9 Å². The van der Waals surface area contributed by atoms with E-state index in [1.165, 1.54) is 4.88 Å². The number of carbonyl (C=O) groups is 1. The number of aryl methyl sites for hydroxylation is 2. The van der Waals surface area contributed by atoms with Crippen LogP contribution in [-0.2, 0) is 0 Å².